The van der Waals surface area contributed by atoms with Gasteiger partial charge in [-0.2, -0.15) is 0 Å². The molecule has 4 rings (SSSR count). The van der Waals surface area contributed by atoms with Crippen LogP contribution < -0.4 is 9.64 Å². The van der Waals surface area contributed by atoms with Crippen molar-refractivity contribution in [2.75, 3.05) is 44.7 Å². The van der Waals surface area contributed by atoms with Crippen molar-refractivity contribution in [3.63, 3.8) is 0 Å². The number of nitrogens with zero attached hydrogens (tertiary/aromatic N) is 3. The number of hydrogen-bond donors (Lipinski definition) is 0. The van der Waals surface area contributed by atoms with E-state index in [9.17, 15) is 18.8 Å². The normalized spacial score (nSPS) is 18.5. The zero-order valence-corrected chi connectivity index (χ0v) is 18.7. The van der Waals surface area contributed by atoms with Gasteiger partial charge < -0.3 is 19.4 Å². The number of rotatable bonds is 6. The molecule has 33 heavy (non-hydrogen) atoms. The second-order valence-electron chi connectivity index (χ2n) is 8.41. The summed E-state index contributed by atoms with van der Waals surface area (Å²) in [4.78, 5) is 42.9. The summed E-state index contributed by atoms with van der Waals surface area (Å²) >= 11 is 0. The van der Waals surface area contributed by atoms with Crippen LogP contribution in [0.3, 0.4) is 0 Å². The summed E-state index contributed by atoms with van der Waals surface area (Å²) in [6, 6.07) is 13.8. The number of piperazine rings is 1. The minimum Gasteiger partial charge on any atom is -0.497 e. The van der Waals surface area contributed by atoms with Crippen molar-refractivity contribution in [1.29, 1.82) is 0 Å². The van der Waals surface area contributed by atoms with Crippen LogP contribution in [0.25, 0.3) is 0 Å². The summed E-state index contributed by atoms with van der Waals surface area (Å²) in [5, 5.41) is 0. The Morgan fingerprint density at radius 1 is 1.00 bits per heavy atom. The zero-order valence-electron chi connectivity index (χ0n) is 18.7. The molecule has 0 bridgehead atoms. The van der Waals surface area contributed by atoms with Crippen LogP contribution >= 0.6 is 0 Å². The summed E-state index contributed by atoms with van der Waals surface area (Å²) in [5.41, 5.74) is 1.29. The van der Waals surface area contributed by atoms with Gasteiger partial charge in [-0.1, -0.05) is 24.3 Å². The van der Waals surface area contributed by atoms with E-state index in [1.807, 2.05) is 24.3 Å². The molecule has 0 spiro atoms. The lowest BCUT2D eigenvalue weighted by Crippen LogP contribution is -2.52. The Morgan fingerprint density at radius 3 is 2.33 bits per heavy atom. The van der Waals surface area contributed by atoms with Gasteiger partial charge in [0.1, 0.15) is 11.6 Å². The molecule has 2 heterocycles. The van der Waals surface area contributed by atoms with Gasteiger partial charge in [-0.25, -0.2) is 4.39 Å². The summed E-state index contributed by atoms with van der Waals surface area (Å²) in [6.07, 6.45) is 1.14. The maximum Gasteiger partial charge on any atom is 0.228 e. The number of halogens is 1. The number of carbonyl (C=O) groups excluding carboxylic acids is 3. The highest BCUT2D eigenvalue weighted by molar-refractivity contribution is 6.00. The van der Waals surface area contributed by atoms with E-state index in [-0.39, 0.29) is 36.4 Å². The first kappa shape index (κ1) is 22.8. The Kier molecular flexibility index (Phi) is 6.91. The van der Waals surface area contributed by atoms with Gasteiger partial charge in [0.2, 0.25) is 17.7 Å². The Hall–Kier alpha value is -3.42. The first-order valence-electron chi connectivity index (χ1n) is 11.2. The monoisotopic (exact) mass is 453 g/mol. The van der Waals surface area contributed by atoms with Crippen LogP contribution in [0.1, 0.15) is 18.4 Å². The molecule has 1 atom stereocenters. The number of hydrogen-bond acceptors (Lipinski definition) is 4. The predicted molar refractivity (Wildman–Crippen MR) is 121 cm³/mol. The van der Waals surface area contributed by atoms with Crippen molar-refractivity contribution >= 4 is 23.4 Å². The van der Waals surface area contributed by atoms with E-state index in [4.69, 9.17) is 4.74 Å². The van der Waals surface area contributed by atoms with Crippen LogP contribution in [0, 0.1) is 11.7 Å². The molecule has 174 valence electrons. The maximum atomic E-state index is 14.1. The van der Waals surface area contributed by atoms with E-state index in [1.165, 1.54) is 11.0 Å². The molecule has 7 nitrogen and oxygen atoms in total. The topological polar surface area (TPSA) is 70.2 Å². The molecule has 8 heteroatoms. The molecule has 2 aromatic rings. The number of aryl methyl sites for hydroxylation is 1. The molecule has 0 aliphatic carbocycles. The molecule has 2 aromatic carbocycles. The van der Waals surface area contributed by atoms with Crippen LogP contribution in [-0.4, -0.2) is 67.4 Å². The fourth-order valence-corrected chi connectivity index (χ4v) is 4.41. The average molecular weight is 454 g/mol. The third-order valence-electron chi connectivity index (χ3n) is 6.35. The smallest absolute Gasteiger partial charge is 0.228 e. The third kappa shape index (κ3) is 5.16. The molecule has 2 aliphatic heterocycles. The average Bonchev–Trinajstić information content (AvgIpc) is 3.24. The number of carbonyl (C=O) groups is 3. The van der Waals surface area contributed by atoms with E-state index in [1.54, 1.807) is 35.1 Å². The van der Waals surface area contributed by atoms with Crippen LogP contribution in [-0.2, 0) is 20.8 Å². The lowest BCUT2D eigenvalue weighted by atomic mass is 10.1. The summed E-state index contributed by atoms with van der Waals surface area (Å²) < 4.78 is 19.2. The Morgan fingerprint density at radius 2 is 1.67 bits per heavy atom. The Balaban J connectivity index is 1.26. The van der Waals surface area contributed by atoms with Gasteiger partial charge in [-0.3, -0.25) is 14.4 Å². The summed E-state index contributed by atoms with van der Waals surface area (Å²) in [7, 11) is 1.62. The van der Waals surface area contributed by atoms with Gasteiger partial charge in [-0.05, 0) is 36.2 Å². The number of methoxy groups -OCH3 is 1. The SMILES string of the molecule is COc1ccc(CCC(=O)N2CCN(C(=O)C3CC(=O)N(c4ccccc4F)C3)CC2)cc1. The van der Waals surface area contributed by atoms with Crippen LogP contribution in [0.2, 0.25) is 0 Å². The fraction of sp³-hybridized carbons (Fsp3) is 0.400. The lowest BCUT2D eigenvalue weighted by molar-refractivity contribution is -0.142. The van der Waals surface area contributed by atoms with Gasteiger partial charge in [0.15, 0.2) is 0 Å². The van der Waals surface area contributed by atoms with Crippen LogP contribution in [0.5, 0.6) is 5.75 Å². The summed E-state index contributed by atoms with van der Waals surface area (Å²) in [6.45, 7) is 2.02. The molecular formula is C25H28FN3O4. The van der Waals surface area contributed by atoms with E-state index < -0.39 is 11.7 Å². The molecule has 1 unspecified atom stereocenters. The molecule has 0 saturated carbocycles. The minimum absolute atomic E-state index is 0.0692. The summed E-state index contributed by atoms with van der Waals surface area (Å²) in [5.74, 6) is -0.458. The molecule has 2 aliphatic rings. The van der Waals surface area contributed by atoms with E-state index >= 15 is 0 Å². The Labute approximate surface area is 192 Å². The quantitative estimate of drug-likeness (QED) is 0.674. The second kappa shape index (κ2) is 10.0. The predicted octanol–water partition coefficient (Wildman–Crippen LogP) is 2.49. The molecule has 0 radical (unpaired) electrons. The molecule has 3 amide bonds. The first-order chi connectivity index (χ1) is 16.0. The number of ether oxygens (including phenoxy) is 1. The van der Waals surface area contributed by atoms with Crippen LogP contribution in [0.4, 0.5) is 10.1 Å². The Bertz CT molecular complexity index is 1020. The van der Waals surface area contributed by atoms with Crippen molar-refractivity contribution in [1.82, 2.24) is 9.80 Å². The first-order valence-corrected chi connectivity index (χ1v) is 11.2. The van der Waals surface area contributed by atoms with Gasteiger partial charge in [0.05, 0.1) is 18.7 Å². The van der Waals surface area contributed by atoms with Crippen molar-refractivity contribution in [3.05, 3.63) is 59.9 Å². The number of anilines is 1. The highest BCUT2D eigenvalue weighted by atomic mass is 19.1. The fourth-order valence-electron chi connectivity index (χ4n) is 4.41. The standard InChI is InChI=1S/C25H28FN3O4/c1-33-20-9-6-18(7-10-20)8-11-23(30)27-12-14-28(15-13-27)25(32)19-16-24(31)29(17-19)22-5-3-2-4-21(22)26/h2-7,9-10,19H,8,11-17H2,1H3. The number of para-hydroxylation sites is 1. The highest BCUT2D eigenvalue weighted by Crippen LogP contribution is 2.28. The van der Waals surface area contributed by atoms with Crippen molar-refractivity contribution in [3.8, 4) is 5.75 Å². The van der Waals surface area contributed by atoms with Gasteiger partial charge in [0, 0.05) is 45.6 Å². The van der Waals surface area contributed by atoms with Gasteiger partial charge in [0.25, 0.3) is 0 Å². The third-order valence-corrected chi connectivity index (χ3v) is 6.35. The highest BCUT2D eigenvalue weighted by Gasteiger charge is 2.38. The maximum absolute atomic E-state index is 14.1. The molecule has 2 saturated heterocycles. The van der Waals surface area contributed by atoms with E-state index in [0.29, 0.717) is 39.0 Å². The van der Waals surface area contributed by atoms with Crippen molar-refractivity contribution in [2.24, 2.45) is 5.92 Å². The molecule has 0 N–H and O–H groups in total. The van der Waals surface area contributed by atoms with E-state index in [2.05, 4.69) is 0 Å². The van der Waals surface area contributed by atoms with Crippen molar-refractivity contribution in [2.45, 2.75) is 19.3 Å². The number of benzene rings is 2. The van der Waals surface area contributed by atoms with Crippen molar-refractivity contribution < 1.29 is 23.5 Å². The van der Waals surface area contributed by atoms with E-state index in [0.717, 1.165) is 11.3 Å². The van der Waals surface area contributed by atoms with Crippen LogP contribution in [0.15, 0.2) is 48.5 Å². The molecule has 2 fully saturated rings. The molecular weight excluding hydrogens is 425 g/mol. The largest absolute Gasteiger partial charge is 0.497 e. The molecule has 0 aromatic heterocycles. The minimum atomic E-state index is -0.491. The zero-order chi connectivity index (χ0) is 23.4. The van der Waals surface area contributed by atoms with Gasteiger partial charge >= 0.3 is 0 Å². The number of amides is 3. The second-order valence-corrected chi connectivity index (χ2v) is 8.41. The van der Waals surface area contributed by atoms with Gasteiger partial charge in [-0.15, -0.1) is 0 Å². The lowest BCUT2D eigenvalue weighted by Gasteiger charge is -2.36.